The van der Waals surface area contributed by atoms with E-state index in [2.05, 4.69) is 81.0 Å². The molecule has 1 aliphatic heterocycles. The van der Waals surface area contributed by atoms with Gasteiger partial charge in [0.05, 0.1) is 11.4 Å². The Balaban J connectivity index is 1.92. The highest BCUT2D eigenvalue weighted by atomic mass is 127. The third kappa shape index (κ3) is 2.43. The van der Waals surface area contributed by atoms with Gasteiger partial charge in [0, 0.05) is 9.99 Å². The highest BCUT2D eigenvalue weighted by Crippen LogP contribution is 2.35. The Bertz CT molecular complexity index is 565. The van der Waals surface area contributed by atoms with Gasteiger partial charge in [0.25, 0.3) is 0 Å². The molecule has 0 radical (unpaired) electrons. The monoisotopic (exact) mass is 414 g/mol. The highest BCUT2D eigenvalue weighted by molar-refractivity contribution is 14.1. The van der Waals surface area contributed by atoms with Gasteiger partial charge >= 0.3 is 0 Å². The molecule has 3 rings (SSSR count). The van der Waals surface area contributed by atoms with Crippen molar-refractivity contribution in [2.75, 3.05) is 6.61 Å². The van der Waals surface area contributed by atoms with Crippen molar-refractivity contribution < 1.29 is 4.74 Å². The Morgan fingerprint density at radius 2 is 1.78 bits per heavy atom. The molecule has 2 aromatic carbocycles. The second-order valence-electron chi connectivity index (χ2n) is 4.38. The fourth-order valence-corrected chi connectivity index (χ4v) is 3.14. The minimum Gasteiger partial charge on any atom is -0.493 e. The van der Waals surface area contributed by atoms with Gasteiger partial charge in [0.15, 0.2) is 0 Å². The lowest BCUT2D eigenvalue weighted by Crippen LogP contribution is -1.93. The second-order valence-corrected chi connectivity index (χ2v) is 6.54. The van der Waals surface area contributed by atoms with Gasteiger partial charge in [-0.15, -0.1) is 0 Å². The number of hydrogen-bond acceptors (Lipinski definition) is 1. The number of hydrogen-bond donors (Lipinski definition) is 0. The molecule has 0 amide bonds. The summed E-state index contributed by atoms with van der Waals surface area (Å²) in [4.78, 5) is 0.250. The van der Waals surface area contributed by atoms with E-state index in [4.69, 9.17) is 4.74 Å². The van der Waals surface area contributed by atoms with Crippen molar-refractivity contribution >= 4 is 38.5 Å². The molecule has 0 aromatic heterocycles. The average Bonchev–Trinajstić information content (AvgIpc) is 2.86. The van der Waals surface area contributed by atoms with Crippen molar-refractivity contribution in [1.82, 2.24) is 0 Å². The molecule has 18 heavy (non-hydrogen) atoms. The summed E-state index contributed by atoms with van der Waals surface area (Å²) in [6.07, 6.45) is 1.02. The van der Waals surface area contributed by atoms with Crippen molar-refractivity contribution in [2.24, 2.45) is 0 Å². The van der Waals surface area contributed by atoms with Crippen LogP contribution in [0.25, 0.3) is 0 Å². The highest BCUT2D eigenvalue weighted by Gasteiger charge is 2.16. The number of alkyl halides is 1. The molecule has 1 aliphatic rings. The summed E-state index contributed by atoms with van der Waals surface area (Å²) < 4.78 is 6.80. The van der Waals surface area contributed by atoms with Crippen LogP contribution in [0.2, 0.25) is 0 Å². The minimum absolute atomic E-state index is 0.250. The topological polar surface area (TPSA) is 9.23 Å². The van der Waals surface area contributed by atoms with E-state index in [-0.39, 0.29) is 4.83 Å². The Morgan fingerprint density at radius 3 is 2.56 bits per heavy atom. The number of ether oxygens (including phenoxy) is 1. The van der Waals surface area contributed by atoms with Crippen LogP contribution >= 0.6 is 38.5 Å². The van der Waals surface area contributed by atoms with Crippen molar-refractivity contribution in [2.45, 2.75) is 11.2 Å². The molecular formula is C15H12BrIO. The van der Waals surface area contributed by atoms with Crippen LogP contribution in [0.4, 0.5) is 0 Å². The van der Waals surface area contributed by atoms with Gasteiger partial charge in [-0.2, -0.15) is 0 Å². The molecule has 0 saturated heterocycles. The van der Waals surface area contributed by atoms with Crippen molar-refractivity contribution in [1.29, 1.82) is 0 Å². The number of benzene rings is 2. The van der Waals surface area contributed by atoms with Crippen LogP contribution in [0.3, 0.4) is 0 Å². The van der Waals surface area contributed by atoms with E-state index >= 15 is 0 Å². The maximum absolute atomic E-state index is 5.54. The fraction of sp³-hybridized carbons (Fsp3) is 0.200. The number of fused-ring (bicyclic) bond motifs is 1. The van der Waals surface area contributed by atoms with Gasteiger partial charge in [0.1, 0.15) is 5.75 Å². The maximum Gasteiger partial charge on any atom is 0.122 e. The Kier molecular flexibility index (Phi) is 3.61. The van der Waals surface area contributed by atoms with Crippen molar-refractivity contribution in [3.05, 3.63) is 62.7 Å². The van der Waals surface area contributed by atoms with Gasteiger partial charge < -0.3 is 4.74 Å². The molecule has 2 aromatic rings. The van der Waals surface area contributed by atoms with E-state index in [1.807, 2.05) is 0 Å². The third-order valence-electron chi connectivity index (χ3n) is 3.17. The van der Waals surface area contributed by atoms with Crippen molar-refractivity contribution in [3.8, 4) is 5.75 Å². The fourth-order valence-electron chi connectivity index (χ4n) is 2.19. The van der Waals surface area contributed by atoms with Crippen LogP contribution < -0.4 is 4.74 Å². The Morgan fingerprint density at radius 1 is 1.06 bits per heavy atom. The lowest BCUT2D eigenvalue weighted by molar-refractivity contribution is 0.357. The molecular weight excluding hydrogens is 403 g/mol. The number of rotatable bonds is 2. The first kappa shape index (κ1) is 12.5. The SMILES string of the molecule is BrC(c1ccc(I)cc1)c1ccc2c(c1)CCO2. The molecule has 1 nitrogen and oxygen atoms in total. The largest absolute Gasteiger partial charge is 0.493 e. The average molecular weight is 415 g/mol. The van der Waals surface area contributed by atoms with E-state index < -0.39 is 0 Å². The van der Waals surface area contributed by atoms with Crippen LogP contribution in [0.15, 0.2) is 42.5 Å². The summed E-state index contributed by atoms with van der Waals surface area (Å²) in [6, 6.07) is 15.1. The summed E-state index contributed by atoms with van der Waals surface area (Å²) >= 11 is 6.11. The smallest absolute Gasteiger partial charge is 0.122 e. The van der Waals surface area contributed by atoms with E-state index in [0.29, 0.717) is 0 Å². The van der Waals surface area contributed by atoms with Gasteiger partial charge in [-0.3, -0.25) is 0 Å². The number of halogens is 2. The summed E-state index contributed by atoms with van der Waals surface area (Å²) in [7, 11) is 0. The molecule has 0 saturated carbocycles. The standard InChI is InChI=1S/C15H12BrIO/c16-15(10-1-4-13(17)5-2-10)12-3-6-14-11(9-12)7-8-18-14/h1-6,9,15H,7-8H2. The van der Waals surface area contributed by atoms with Gasteiger partial charge in [-0.05, 0) is 57.5 Å². The summed E-state index contributed by atoms with van der Waals surface area (Å²) in [5.41, 5.74) is 3.90. The van der Waals surface area contributed by atoms with Gasteiger partial charge in [-0.25, -0.2) is 0 Å². The molecule has 0 spiro atoms. The minimum atomic E-state index is 0.250. The summed E-state index contributed by atoms with van der Waals surface area (Å²) in [5, 5.41) is 0. The molecule has 0 aliphatic carbocycles. The first-order valence-electron chi connectivity index (χ1n) is 5.89. The predicted molar refractivity (Wildman–Crippen MR) is 85.6 cm³/mol. The lowest BCUT2D eigenvalue weighted by atomic mass is 10.0. The molecule has 1 atom stereocenters. The van der Waals surface area contributed by atoms with E-state index in [1.54, 1.807) is 0 Å². The van der Waals surface area contributed by atoms with Crippen LogP contribution in [0.1, 0.15) is 21.5 Å². The molecule has 3 heteroatoms. The molecule has 0 fully saturated rings. The third-order valence-corrected chi connectivity index (χ3v) is 4.95. The normalized spacial score (nSPS) is 15.0. The van der Waals surface area contributed by atoms with Crippen LogP contribution in [-0.4, -0.2) is 6.61 Å². The lowest BCUT2D eigenvalue weighted by Gasteiger charge is -2.12. The zero-order valence-corrected chi connectivity index (χ0v) is 13.4. The first-order valence-corrected chi connectivity index (χ1v) is 7.88. The van der Waals surface area contributed by atoms with Crippen molar-refractivity contribution in [3.63, 3.8) is 0 Å². The summed E-state index contributed by atoms with van der Waals surface area (Å²) in [6.45, 7) is 0.815. The quantitative estimate of drug-likeness (QED) is 0.510. The molecule has 0 N–H and O–H groups in total. The predicted octanol–water partition coefficient (Wildman–Crippen LogP) is 4.71. The van der Waals surface area contributed by atoms with E-state index in [0.717, 1.165) is 18.8 Å². The molecule has 0 bridgehead atoms. The molecule has 92 valence electrons. The zero-order chi connectivity index (χ0) is 12.5. The van der Waals surface area contributed by atoms with Gasteiger partial charge in [0.2, 0.25) is 0 Å². The van der Waals surface area contributed by atoms with Gasteiger partial charge in [-0.1, -0.05) is 40.2 Å². The Labute approximate surface area is 129 Å². The summed E-state index contributed by atoms with van der Waals surface area (Å²) in [5.74, 6) is 1.04. The first-order chi connectivity index (χ1) is 8.74. The Hall–Kier alpha value is -0.550. The second kappa shape index (κ2) is 5.21. The van der Waals surface area contributed by atoms with Crippen LogP contribution in [0.5, 0.6) is 5.75 Å². The molecule has 1 heterocycles. The van der Waals surface area contributed by atoms with Crippen LogP contribution in [0, 0.1) is 3.57 Å². The van der Waals surface area contributed by atoms with E-state index in [9.17, 15) is 0 Å². The van der Waals surface area contributed by atoms with Crippen LogP contribution in [-0.2, 0) is 6.42 Å². The maximum atomic E-state index is 5.54. The molecule has 1 unspecified atom stereocenters. The zero-order valence-electron chi connectivity index (χ0n) is 9.70. The van der Waals surface area contributed by atoms with E-state index in [1.165, 1.54) is 20.3 Å².